The predicted molar refractivity (Wildman–Crippen MR) is 108 cm³/mol. The molecule has 0 fully saturated rings. The van der Waals surface area contributed by atoms with Crippen LogP contribution in [0.4, 0.5) is 0 Å². The van der Waals surface area contributed by atoms with Crippen LogP contribution in [-0.2, 0) is 0 Å². The quantitative estimate of drug-likeness (QED) is 0.601. The number of aromatic hydroxyl groups is 1. The van der Waals surface area contributed by atoms with Gasteiger partial charge in [0, 0.05) is 0 Å². The van der Waals surface area contributed by atoms with E-state index in [1.807, 2.05) is 61.5 Å². The number of phenolic OH excluding ortho intramolecular Hbond substituents is 1. The van der Waals surface area contributed by atoms with E-state index in [9.17, 15) is 9.90 Å². The maximum absolute atomic E-state index is 12.5. The fourth-order valence-corrected chi connectivity index (χ4v) is 2.85. The van der Waals surface area contributed by atoms with Gasteiger partial charge in [-0.1, -0.05) is 59.6 Å². The van der Waals surface area contributed by atoms with Gasteiger partial charge in [-0.15, -0.1) is 0 Å². The summed E-state index contributed by atoms with van der Waals surface area (Å²) in [6.45, 7) is 2.63. The molecule has 0 spiro atoms. The summed E-state index contributed by atoms with van der Waals surface area (Å²) >= 11 is 6.11. The molecule has 1 amide bonds. The van der Waals surface area contributed by atoms with Crippen molar-refractivity contribution in [2.45, 2.75) is 6.92 Å². The first-order valence-electron chi connectivity index (χ1n) is 8.60. The fraction of sp³-hybridized carbons (Fsp3) is 0.136. The predicted octanol–water partition coefficient (Wildman–Crippen LogP) is 4.83. The Hall–Kier alpha value is -2.98. The molecule has 0 radical (unpaired) electrons. The molecule has 0 saturated carbocycles. The van der Waals surface area contributed by atoms with Crippen molar-refractivity contribution in [1.29, 1.82) is 0 Å². The maximum atomic E-state index is 12.5. The molecule has 0 aliphatic rings. The Morgan fingerprint density at radius 3 is 2.44 bits per heavy atom. The summed E-state index contributed by atoms with van der Waals surface area (Å²) in [7, 11) is 0. The molecule has 4 nitrogen and oxygen atoms in total. The van der Waals surface area contributed by atoms with Crippen molar-refractivity contribution < 1.29 is 14.6 Å². The van der Waals surface area contributed by atoms with Gasteiger partial charge in [-0.3, -0.25) is 4.79 Å². The Kier molecular flexibility index (Phi) is 5.99. The van der Waals surface area contributed by atoms with Crippen LogP contribution in [0.5, 0.6) is 11.5 Å². The molecule has 5 heteroatoms. The highest BCUT2D eigenvalue weighted by molar-refractivity contribution is 6.33. The van der Waals surface area contributed by atoms with E-state index in [2.05, 4.69) is 5.32 Å². The largest absolute Gasteiger partial charge is 0.506 e. The molecule has 0 unspecified atom stereocenters. The van der Waals surface area contributed by atoms with Gasteiger partial charge >= 0.3 is 0 Å². The number of halogens is 1. The first kappa shape index (κ1) is 18.8. The number of nitrogens with one attached hydrogen (secondary N) is 1. The SMILES string of the molecule is Cc1ccc(OCCNC(=O)c2cc(-c3ccccc3)cc(Cl)c2O)cc1. The molecule has 0 aliphatic carbocycles. The molecule has 138 valence electrons. The molecule has 0 atom stereocenters. The van der Waals surface area contributed by atoms with Crippen LogP contribution in [0.25, 0.3) is 11.1 Å². The van der Waals surface area contributed by atoms with Gasteiger partial charge in [-0.05, 0) is 42.3 Å². The minimum Gasteiger partial charge on any atom is -0.506 e. The Balaban J connectivity index is 1.65. The number of hydrogen-bond acceptors (Lipinski definition) is 3. The van der Waals surface area contributed by atoms with Crippen LogP contribution in [0.2, 0.25) is 5.02 Å². The number of carbonyl (C=O) groups excluding carboxylic acids is 1. The smallest absolute Gasteiger partial charge is 0.255 e. The number of rotatable bonds is 6. The van der Waals surface area contributed by atoms with Gasteiger partial charge in [0.15, 0.2) is 0 Å². The van der Waals surface area contributed by atoms with E-state index in [1.54, 1.807) is 12.1 Å². The third-order valence-electron chi connectivity index (χ3n) is 4.09. The molecule has 3 rings (SSSR count). The summed E-state index contributed by atoms with van der Waals surface area (Å²) in [5, 5.41) is 13.1. The molecule has 2 N–H and O–H groups in total. The Morgan fingerprint density at radius 1 is 1.04 bits per heavy atom. The van der Waals surface area contributed by atoms with E-state index in [0.29, 0.717) is 13.2 Å². The highest BCUT2D eigenvalue weighted by Crippen LogP contribution is 2.33. The van der Waals surface area contributed by atoms with E-state index in [0.717, 1.165) is 22.4 Å². The number of phenols is 1. The van der Waals surface area contributed by atoms with Crippen LogP contribution in [0.3, 0.4) is 0 Å². The Morgan fingerprint density at radius 2 is 1.74 bits per heavy atom. The lowest BCUT2D eigenvalue weighted by atomic mass is 10.0. The summed E-state index contributed by atoms with van der Waals surface area (Å²) < 4.78 is 5.59. The van der Waals surface area contributed by atoms with Gasteiger partial charge in [0.25, 0.3) is 5.91 Å². The fourth-order valence-electron chi connectivity index (χ4n) is 2.63. The topological polar surface area (TPSA) is 58.6 Å². The maximum Gasteiger partial charge on any atom is 0.255 e. The summed E-state index contributed by atoms with van der Waals surface area (Å²) in [5.74, 6) is 0.111. The van der Waals surface area contributed by atoms with Crippen LogP contribution in [0.1, 0.15) is 15.9 Å². The van der Waals surface area contributed by atoms with Crippen molar-refractivity contribution >= 4 is 17.5 Å². The second-order valence-corrected chi connectivity index (χ2v) is 6.54. The Labute approximate surface area is 163 Å². The van der Waals surface area contributed by atoms with Crippen molar-refractivity contribution in [3.63, 3.8) is 0 Å². The van der Waals surface area contributed by atoms with E-state index >= 15 is 0 Å². The number of amides is 1. The van der Waals surface area contributed by atoms with Crippen LogP contribution < -0.4 is 10.1 Å². The van der Waals surface area contributed by atoms with Gasteiger partial charge in [0.2, 0.25) is 0 Å². The first-order chi connectivity index (χ1) is 13.0. The Bertz CT molecular complexity index is 924. The normalized spacial score (nSPS) is 10.4. The molecule has 0 aromatic heterocycles. The molecule has 0 heterocycles. The van der Waals surface area contributed by atoms with Crippen LogP contribution >= 0.6 is 11.6 Å². The zero-order valence-electron chi connectivity index (χ0n) is 14.9. The van der Waals surface area contributed by atoms with E-state index in [1.165, 1.54) is 0 Å². The summed E-state index contributed by atoms with van der Waals surface area (Å²) in [4.78, 5) is 12.5. The number of ether oxygens (including phenoxy) is 1. The highest BCUT2D eigenvalue weighted by Gasteiger charge is 2.16. The molecule has 0 aliphatic heterocycles. The summed E-state index contributed by atoms with van der Waals surface area (Å²) in [5.41, 5.74) is 2.97. The van der Waals surface area contributed by atoms with Crippen LogP contribution in [0, 0.1) is 6.92 Å². The lowest BCUT2D eigenvalue weighted by Crippen LogP contribution is -2.28. The number of hydrogen-bond donors (Lipinski definition) is 2. The van der Waals surface area contributed by atoms with E-state index in [-0.39, 0.29) is 16.3 Å². The molecule has 3 aromatic carbocycles. The molecule has 3 aromatic rings. The molecular formula is C22H20ClNO3. The van der Waals surface area contributed by atoms with Crippen molar-refractivity contribution in [2.75, 3.05) is 13.2 Å². The second-order valence-electron chi connectivity index (χ2n) is 6.14. The zero-order chi connectivity index (χ0) is 19.2. The lowest BCUT2D eigenvalue weighted by Gasteiger charge is -2.11. The molecular weight excluding hydrogens is 362 g/mol. The van der Waals surface area contributed by atoms with Crippen molar-refractivity contribution in [3.05, 3.63) is 82.9 Å². The van der Waals surface area contributed by atoms with E-state index < -0.39 is 5.91 Å². The zero-order valence-corrected chi connectivity index (χ0v) is 15.7. The number of carbonyl (C=O) groups is 1. The van der Waals surface area contributed by atoms with Crippen molar-refractivity contribution in [2.24, 2.45) is 0 Å². The average molecular weight is 382 g/mol. The van der Waals surface area contributed by atoms with E-state index in [4.69, 9.17) is 16.3 Å². The summed E-state index contributed by atoms with van der Waals surface area (Å²) in [6.07, 6.45) is 0. The average Bonchev–Trinajstić information content (AvgIpc) is 2.69. The number of aryl methyl sites for hydroxylation is 1. The van der Waals surface area contributed by atoms with Crippen molar-refractivity contribution in [3.8, 4) is 22.6 Å². The minimum atomic E-state index is -0.403. The van der Waals surface area contributed by atoms with Gasteiger partial charge in [0.05, 0.1) is 17.1 Å². The third-order valence-corrected chi connectivity index (χ3v) is 4.38. The highest BCUT2D eigenvalue weighted by atomic mass is 35.5. The minimum absolute atomic E-state index is 0.136. The molecule has 27 heavy (non-hydrogen) atoms. The standard InChI is InChI=1S/C22H20ClNO3/c1-15-7-9-18(10-8-15)27-12-11-24-22(26)19-13-17(14-20(23)21(19)25)16-5-3-2-4-6-16/h2-10,13-14,25H,11-12H2,1H3,(H,24,26). The van der Waals surface area contributed by atoms with Crippen LogP contribution in [0.15, 0.2) is 66.7 Å². The lowest BCUT2D eigenvalue weighted by molar-refractivity contribution is 0.0944. The van der Waals surface area contributed by atoms with Gasteiger partial charge in [0.1, 0.15) is 18.1 Å². The van der Waals surface area contributed by atoms with Gasteiger partial charge < -0.3 is 15.2 Å². The third kappa shape index (κ3) is 4.80. The molecule has 0 bridgehead atoms. The molecule has 0 saturated heterocycles. The van der Waals surface area contributed by atoms with Gasteiger partial charge in [-0.25, -0.2) is 0 Å². The van der Waals surface area contributed by atoms with Crippen LogP contribution in [-0.4, -0.2) is 24.2 Å². The number of benzene rings is 3. The monoisotopic (exact) mass is 381 g/mol. The first-order valence-corrected chi connectivity index (χ1v) is 8.98. The van der Waals surface area contributed by atoms with Gasteiger partial charge in [-0.2, -0.15) is 0 Å². The summed E-state index contributed by atoms with van der Waals surface area (Å²) in [6, 6.07) is 20.5. The van der Waals surface area contributed by atoms with Crippen molar-refractivity contribution in [1.82, 2.24) is 5.32 Å². The second kappa shape index (κ2) is 8.60.